The van der Waals surface area contributed by atoms with Crippen LogP contribution in [-0.4, -0.2) is 52.4 Å². The van der Waals surface area contributed by atoms with Gasteiger partial charge in [0.05, 0.1) is 21.3 Å². The van der Waals surface area contributed by atoms with Crippen LogP contribution in [0.25, 0.3) is 6.08 Å². The van der Waals surface area contributed by atoms with Gasteiger partial charge in [-0.25, -0.2) is 0 Å². The average Bonchev–Trinajstić information content (AvgIpc) is 2.70. The Balaban J connectivity index is 2.21. The number of methoxy groups -OCH3 is 3. The summed E-state index contributed by atoms with van der Waals surface area (Å²) in [5.41, 5.74) is 2.23. The van der Waals surface area contributed by atoms with Gasteiger partial charge in [0.25, 0.3) is 0 Å². The number of carbonyl (C=O) groups is 1. The van der Waals surface area contributed by atoms with E-state index in [1.807, 2.05) is 43.3 Å². The number of carbonyl (C=O) groups excluding carboxylic acids is 1. The maximum absolute atomic E-state index is 12.6. The SMILES string of the molecule is COc1cc(C(=O)C(O)/C=C/c2ccc(N(C)C)cc2)cc(OC)c1OC. The number of aliphatic hydroxyl groups is 1. The molecule has 6 heteroatoms. The lowest BCUT2D eigenvalue weighted by molar-refractivity contribution is 0.0821. The van der Waals surface area contributed by atoms with Gasteiger partial charge in [0, 0.05) is 25.3 Å². The fraction of sp³-hybridized carbons (Fsp3) is 0.286. The van der Waals surface area contributed by atoms with Gasteiger partial charge in [-0.3, -0.25) is 4.79 Å². The molecule has 1 atom stereocenters. The Hall–Kier alpha value is -2.99. The lowest BCUT2D eigenvalue weighted by Crippen LogP contribution is -2.18. The lowest BCUT2D eigenvalue weighted by Gasteiger charge is -2.14. The van der Waals surface area contributed by atoms with E-state index in [0.717, 1.165) is 11.3 Å². The molecule has 0 spiro atoms. The van der Waals surface area contributed by atoms with Crippen molar-refractivity contribution in [1.29, 1.82) is 0 Å². The maximum Gasteiger partial charge on any atom is 0.203 e. The van der Waals surface area contributed by atoms with Crippen LogP contribution >= 0.6 is 0 Å². The van der Waals surface area contributed by atoms with Gasteiger partial charge in [0.2, 0.25) is 5.75 Å². The molecule has 0 saturated carbocycles. The van der Waals surface area contributed by atoms with E-state index < -0.39 is 11.9 Å². The van der Waals surface area contributed by atoms with Crippen molar-refractivity contribution < 1.29 is 24.1 Å². The van der Waals surface area contributed by atoms with Crippen LogP contribution in [0, 0.1) is 0 Å². The molecule has 0 radical (unpaired) electrons. The van der Waals surface area contributed by atoms with E-state index in [1.54, 1.807) is 6.08 Å². The quantitative estimate of drug-likeness (QED) is 0.720. The van der Waals surface area contributed by atoms with E-state index in [-0.39, 0.29) is 5.56 Å². The largest absolute Gasteiger partial charge is 0.493 e. The van der Waals surface area contributed by atoms with Gasteiger partial charge in [0.1, 0.15) is 6.10 Å². The van der Waals surface area contributed by atoms with Crippen LogP contribution in [-0.2, 0) is 0 Å². The predicted octanol–water partition coefficient (Wildman–Crippen LogP) is 3.04. The number of hydrogen-bond acceptors (Lipinski definition) is 6. The smallest absolute Gasteiger partial charge is 0.203 e. The molecule has 2 aromatic carbocycles. The molecule has 6 nitrogen and oxygen atoms in total. The number of nitrogens with zero attached hydrogens (tertiary/aromatic N) is 1. The maximum atomic E-state index is 12.6. The van der Waals surface area contributed by atoms with Gasteiger partial charge < -0.3 is 24.2 Å². The minimum atomic E-state index is -1.29. The second kappa shape index (κ2) is 9.09. The van der Waals surface area contributed by atoms with E-state index in [0.29, 0.717) is 17.2 Å². The topological polar surface area (TPSA) is 68.2 Å². The van der Waals surface area contributed by atoms with Crippen molar-refractivity contribution in [2.75, 3.05) is 40.3 Å². The number of benzene rings is 2. The molecule has 1 N–H and O–H groups in total. The highest BCUT2D eigenvalue weighted by molar-refractivity contribution is 6.02. The Kier molecular flexibility index (Phi) is 6.85. The summed E-state index contributed by atoms with van der Waals surface area (Å²) in [6.07, 6.45) is 1.87. The highest BCUT2D eigenvalue weighted by Crippen LogP contribution is 2.38. The predicted molar refractivity (Wildman–Crippen MR) is 106 cm³/mol. The fourth-order valence-corrected chi connectivity index (χ4v) is 2.57. The molecule has 2 rings (SSSR count). The molecule has 0 saturated heterocycles. The Morgan fingerprint density at radius 3 is 2.00 bits per heavy atom. The number of ketones is 1. The third-order valence-electron chi connectivity index (χ3n) is 4.10. The number of anilines is 1. The third-order valence-corrected chi connectivity index (χ3v) is 4.10. The second-order valence-electron chi connectivity index (χ2n) is 6.07. The first-order chi connectivity index (χ1) is 12.9. The summed E-state index contributed by atoms with van der Waals surface area (Å²) in [5, 5.41) is 10.3. The van der Waals surface area contributed by atoms with Crippen molar-refractivity contribution in [3.63, 3.8) is 0 Å². The first-order valence-corrected chi connectivity index (χ1v) is 8.39. The highest BCUT2D eigenvalue weighted by atomic mass is 16.5. The molecule has 27 heavy (non-hydrogen) atoms. The molecule has 0 amide bonds. The first kappa shape index (κ1) is 20.3. The number of Topliss-reactive ketones (excluding diaryl/α,β-unsaturated/α-hetero) is 1. The fourth-order valence-electron chi connectivity index (χ4n) is 2.57. The minimum Gasteiger partial charge on any atom is -0.493 e. The van der Waals surface area contributed by atoms with Crippen molar-refractivity contribution in [3.8, 4) is 17.2 Å². The summed E-state index contributed by atoms with van der Waals surface area (Å²) in [6, 6.07) is 10.8. The second-order valence-corrected chi connectivity index (χ2v) is 6.07. The summed E-state index contributed by atoms with van der Waals surface area (Å²) >= 11 is 0. The third kappa shape index (κ3) is 4.80. The Bertz CT molecular complexity index is 787. The molecule has 0 aliphatic carbocycles. The molecule has 1 unspecified atom stereocenters. The van der Waals surface area contributed by atoms with Gasteiger partial charge in [-0.2, -0.15) is 0 Å². The van der Waals surface area contributed by atoms with Crippen LogP contribution in [0.2, 0.25) is 0 Å². The number of aliphatic hydroxyl groups excluding tert-OH is 1. The number of hydrogen-bond donors (Lipinski definition) is 1. The van der Waals surface area contributed by atoms with Crippen LogP contribution in [0.1, 0.15) is 15.9 Å². The summed E-state index contributed by atoms with van der Waals surface area (Å²) in [4.78, 5) is 14.6. The van der Waals surface area contributed by atoms with Crippen LogP contribution < -0.4 is 19.1 Å². The molecule has 0 fully saturated rings. The summed E-state index contributed by atoms with van der Waals surface area (Å²) in [5.74, 6) is 0.643. The van der Waals surface area contributed by atoms with E-state index in [1.165, 1.54) is 39.5 Å². The van der Waals surface area contributed by atoms with E-state index in [9.17, 15) is 9.90 Å². The zero-order chi connectivity index (χ0) is 20.0. The number of rotatable bonds is 8. The standard InChI is InChI=1S/C21H25NO5/c1-22(2)16-9-6-14(7-10-16)8-11-17(23)20(24)15-12-18(25-3)21(27-5)19(13-15)26-4/h6-13,17,23H,1-5H3/b11-8+. The van der Waals surface area contributed by atoms with Crippen LogP contribution in [0.15, 0.2) is 42.5 Å². The molecule has 0 heterocycles. The molecule has 2 aromatic rings. The van der Waals surface area contributed by atoms with Crippen molar-refractivity contribution >= 4 is 17.5 Å². The molecular weight excluding hydrogens is 346 g/mol. The normalized spacial score (nSPS) is 11.9. The van der Waals surface area contributed by atoms with Crippen molar-refractivity contribution in [2.24, 2.45) is 0 Å². The molecular formula is C21H25NO5. The van der Waals surface area contributed by atoms with Crippen molar-refractivity contribution in [1.82, 2.24) is 0 Å². The van der Waals surface area contributed by atoms with Gasteiger partial charge in [-0.05, 0) is 35.9 Å². The summed E-state index contributed by atoms with van der Waals surface area (Å²) < 4.78 is 15.7. The van der Waals surface area contributed by atoms with Gasteiger partial charge in [0.15, 0.2) is 17.3 Å². The summed E-state index contributed by atoms with van der Waals surface area (Å²) in [6.45, 7) is 0. The van der Waals surface area contributed by atoms with Crippen LogP contribution in [0.3, 0.4) is 0 Å². The Labute approximate surface area is 159 Å². The van der Waals surface area contributed by atoms with E-state index in [4.69, 9.17) is 14.2 Å². The molecule has 0 aliphatic rings. The minimum absolute atomic E-state index is 0.268. The van der Waals surface area contributed by atoms with Gasteiger partial charge >= 0.3 is 0 Å². The molecule has 0 aliphatic heterocycles. The molecule has 0 aromatic heterocycles. The van der Waals surface area contributed by atoms with Crippen molar-refractivity contribution in [2.45, 2.75) is 6.10 Å². The van der Waals surface area contributed by atoms with Gasteiger partial charge in [-0.15, -0.1) is 0 Å². The zero-order valence-corrected chi connectivity index (χ0v) is 16.2. The van der Waals surface area contributed by atoms with E-state index >= 15 is 0 Å². The first-order valence-electron chi connectivity index (χ1n) is 8.39. The Morgan fingerprint density at radius 1 is 1.00 bits per heavy atom. The van der Waals surface area contributed by atoms with Crippen LogP contribution in [0.4, 0.5) is 5.69 Å². The average molecular weight is 371 g/mol. The zero-order valence-electron chi connectivity index (χ0n) is 16.2. The monoisotopic (exact) mass is 371 g/mol. The highest BCUT2D eigenvalue weighted by Gasteiger charge is 2.20. The lowest BCUT2D eigenvalue weighted by atomic mass is 10.0. The van der Waals surface area contributed by atoms with Crippen LogP contribution in [0.5, 0.6) is 17.2 Å². The number of ether oxygens (including phenoxy) is 3. The molecule has 144 valence electrons. The molecule has 0 bridgehead atoms. The summed E-state index contributed by atoms with van der Waals surface area (Å²) in [7, 11) is 8.36. The van der Waals surface area contributed by atoms with Crippen molar-refractivity contribution in [3.05, 3.63) is 53.6 Å². The Morgan fingerprint density at radius 2 is 1.56 bits per heavy atom. The van der Waals surface area contributed by atoms with E-state index in [2.05, 4.69) is 0 Å². The van der Waals surface area contributed by atoms with Gasteiger partial charge in [-0.1, -0.05) is 18.2 Å².